The highest BCUT2D eigenvalue weighted by molar-refractivity contribution is 5.91. The van der Waals surface area contributed by atoms with Crippen LogP contribution in [0.1, 0.15) is 47.1 Å². The van der Waals surface area contributed by atoms with E-state index in [0.29, 0.717) is 17.0 Å². The molecule has 21 heavy (non-hydrogen) atoms. The van der Waals surface area contributed by atoms with E-state index in [0.717, 1.165) is 11.3 Å². The van der Waals surface area contributed by atoms with Gasteiger partial charge >= 0.3 is 5.97 Å². The van der Waals surface area contributed by atoms with Crippen molar-refractivity contribution in [3.8, 4) is 5.75 Å². The van der Waals surface area contributed by atoms with Gasteiger partial charge in [0.2, 0.25) is 0 Å². The van der Waals surface area contributed by atoms with Gasteiger partial charge in [-0.15, -0.1) is 0 Å². The second-order valence-electron chi connectivity index (χ2n) is 5.09. The first-order valence-electron chi connectivity index (χ1n) is 6.79. The van der Waals surface area contributed by atoms with Gasteiger partial charge in [-0.05, 0) is 24.6 Å². The molecule has 0 saturated carbocycles. The molecule has 0 radical (unpaired) electrons. The van der Waals surface area contributed by atoms with Crippen LogP contribution in [0.15, 0.2) is 28.8 Å². The van der Waals surface area contributed by atoms with Crippen LogP contribution in [0.4, 0.5) is 0 Å². The molecule has 2 rings (SSSR count). The first-order chi connectivity index (χ1) is 10.0. The average Bonchev–Trinajstić information content (AvgIpc) is 2.87. The first kappa shape index (κ1) is 15.1. The highest BCUT2D eigenvalue weighted by atomic mass is 16.5. The fourth-order valence-electron chi connectivity index (χ4n) is 1.97. The summed E-state index contributed by atoms with van der Waals surface area (Å²) in [6, 6.07) is 7.37. The molecule has 0 bridgehead atoms. The maximum atomic E-state index is 12.2. The van der Waals surface area contributed by atoms with E-state index in [1.54, 1.807) is 14.0 Å². The van der Waals surface area contributed by atoms with Crippen molar-refractivity contribution in [2.75, 3.05) is 7.11 Å². The number of esters is 1. The Morgan fingerprint density at radius 3 is 2.52 bits per heavy atom. The van der Waals surface area contributed by atoms with Crippen LogP contribution in [0.3, 0.4) is 0 Å². The topological polar surface area (TPSA) is 61.6 Å². The number of aromatic nitrogens is 1. The summed E-state index contributed by atoms with van der Waals surface area (Å²) in [6.45, 7) is 5.82. The third kappa shape index (κ3) is 3.42. The standard InChI is InChI=1S/C16H19NO4/c1-10(2)15-14(11(3)17-21-15)16(18)20-9-12-5-7-13(19-4)8-6-12/h5-8,10H,9H2,1-4H3. The summed E-state index contributed by atoms with van der Waals surface area (Å²) in [5.41, 5.74) is 1.88. The molecule has 2 aromatic rings. The van der Waals surface area contributed by atoms with E-state index in [4.69, 9.17) is 14.0 Å². The minimum Gasteiger partial charge on any atom is -0.497 e. The highest BCUT2D eigenvalue weighted by Crippen LogP contribution is 2.23. The summed E-state index contributed by atoms with van der Waals surface area (Å²) >= 11 is 0. The van der Waals surface area contributed by atoms with Gasteiger partial charge in [-0.2, -0.15) is 0 Å². The number of carbonyl (C=O) groups is 1. The van der Waals surface area contributed by atoms with E-state index >= 15 is 0 Å². The molecule has 0 aliphatic carbocycles. The van der Waals surface area contributed by atoms with Crippen molar-refractivity contribution in [1.82, 2.24) is 5.16 Å². The van der Waals surface area contributed by atoms with Gasteiger partial charge in [0, 0.05) is 5.92 Å². The zero-order valence-electron chi connectivity index (χ0n) is 12.7. The molecule has 1 aromatic heterocycles. The van der Waals surface area contributed by atoms with Gasteiger partial charge in [-0.1, -0.05) is 31.1 Å². The number of methoxy groups -OCH3 is 1. The van der Waals surface area contributed by atoms with Gasteiger partial charge in [-0.3, -0.25) is 0 Å². The van der Waals surface area contributed by atoms with Crippen LogP contribution < -0.4 is 4.74 Å². The number of rotatable bonds is 5. The van der Waals surface area contributed by atoms with Crippen molar-refractivity contribution in [3.63, 3.8) is 0 Å². The van der Waals surface area contributed by atoms with Crippen LogP contribution in [0.25, 0.3) is 0 Å². The Balaban J connectivity index is 2.06. The Labute approximate surface area is 123 Å². The van der Waals surface area contributed by atoms with E-state index in [1.807, 2.05) is 38.1 Å². The molecule has 5 heteroatoms. The van der Waals surface area contributed by atoms with Crippen molar-refractivity contribution >= 4 is 5.97 Å². The number of hydrogen-bond donors (Lipinski definition) is 0. The maximum Gasteiger partial charge on any atom is 0.344 e. The zero-order valence-corrected chi connectivity index (χ0v) is 12.7. The van der Waals surface area contributed by atoms with Crippen molar-refractivity contribution in [1.29, 1.82) is 0 Å². The molecule has 0 aliphatic rings. The van der Waals surface area contributed by atoms with Crippen LogP contribution >= 0.6 is 0 Å². The summed E-state index contributed by atoms with van der Waals surface area (Å²) in [4.78, 5) is 12.2. The normalized spacial score (nSPS) is 10.7. The second kappa shape index (κ2) is 6.43. The van der Waals surface area contributed by atoms with Crippen molar-refractivity contribution in [2.45, 2.75) is 33.3 Å². The van der Waals surface area contributed by atoms with Crippen molar-refractivity contribution in [2.24, 2.45) is 0 Å². The smallest absolute Gasteiger partial charge is 0.344 e. The lowest BCUT2D eigenvalue weighted by Crippen LogP contribution is -2.09. The lowest BCUT2D eigenvalue weighted by atomic mass is 10.1. The minimum atomic E-state index is -0.409. The molecule has 0 aliphatic heterocycles. The lowest BCUT2D eigenvalue weighted by molar-refractivity contribution is 0.0468. The first-order valence-corrected chi connectivity index (χ1v) is 6.79. The number of carbonyl (C=O) groups excluding carboxylic acids is 1. The molecule has 0 amide bonds. The molecular weight excluding hydrogens is 270 g/mol. The van der Waals surface area contributed by atoms with E-state index in [2.05, 4.69) is 5.16 Å². The third-order valence-corrected chi connectivity index (χ3v) is 3.15. The molecule has 1 heterocycles. The van der Waals surface area contributed by atoms with Crippen LogP contribution in [0.5, 0.6) is 5.75 Å². The molecule has 1 aromatic carbocycles. The minimum absolute atomic E-state index is 0.0785. The predicted molar refractivity (Wildman–Crippen MR) is 77.4 cm³/mol. The molecule has 0 spiro atoms. The van der Waals surface area contributed by atoms with Gasteiger partial charge in [0.25, 0.3) is 0 Å². The summed E-state index contributed by atoms with van der Waals surface area (Å²) in [6.07, 6.45) is 0. The number of ether oxygens (including phenoxy) is 2. The largest absolute Gasteiger partial charge is 0.497 e. The molecule has 0 fully saturated rings. The number of nitrogens with zero attached hydrogens (tertiary/aromatic N) is 1. The Morgan fingerprint density at radius 1 is 1.29 bits per heavy atom. The summed E-state index contributed by atoms with van der Waals surface area (Å²) in [5.74, 6) is 0.997. The number of hydrogen-bond acceptors (Lipinski definition) is 5. The van der Waals surface area contributed by atoms with E-state index < -0.39 is 5.97 Å². The van der Waals surface area contributed by atoms with Gasteiger partial charge in [-0.25, -0.2) is 4.79 Å². The van der Waals surface area contributed by atoms with Gasteiger partial charge in [0.15, 0.2) is 5.76 Å². The van der Waals surface area contributed by atoms with Crippen molar-refractivity contribution in [3.05, 3.63) is 46.8 Å². The van der Waals surface area contributed by atoms with Crippen LogP contribution in [-0.4, -0.2) is 18.2 Å². The van der Waals surface area contributed by atoms with E-state index in [1.165, 1.54) is 0 Å². The number of aryl methyl sites for hydroxylation is 1. The fraction of sp³-hybridized carbons (Fsp3) is 0.375. The predicted octanol–water partition coefficient (Wildman–Crippen LogP) is 3.47. The van der Waals surface area contributed by atoms with Crippen LogP contribution in [-0.2, 0) is 11.3 Å². The number of benzene rings is 1. The molecule has 5 nitrogen and oxygen atoms in total. The van der Waals surface area contributed by atoms with E-state index in [9.17, 15) is 4.79 Å². The average molecular weight is 289 g/mol. The molecule has 0 atom stereocenters. The highest BCUT2D eigenvalue weighted by Gasteiger charge is 2.23. The Morgan fingerprint density at radius 2 is 1.95 bits per heavy atom. The summed E-state index contributed by atoms with van der Waals surface area (Å²) < 4.78 is 15.6. The molecule has 0 unspecified atom stereocenters. The quantitative estimate of drug-likeness (QED) is 0.789. The summed E-state index contributed by atoms with van der Waals surface area (Å²) in [5, 5.41) is 3.84. The lowest BCUT2D eigenvalue weighted by Gasteiger charge is -2.07. The Hall–Kier alpha value is -2.30. The second-order valence-corrected chi connectivity index (χ2v) is 5.09. The fourth-order valence-corrected chi connectivity index (χ4v) is 1.97. The third-order valence-electron chi connectivity index (χ3n) is 3.15. The SMILES string of the molecule is COc1ccc(COC(=O)c2c(C)noc2C(C)C)cc1. The monoisotopic (exact) mass is 289 g/mol. The van der Waals surface area contributed by atoms with Crippen LogP contribution in [0.2, 0.25) is 0 Å². The molecular formula is C16H19NO4. The Bertz CT molecular complexity index is 614. The van der Waals surface area contributed by atoms with Crippen LogP contribution in [0, 0.1) is 6.92 Å². The maximum absolute atomic E-state index is 12.2. The molecule has 112 valence electrons. The zero-order chi connectivity index (χ0) is 15.4. The Kier molecular flexibility index (Phi) is 4.62. The van der Waals surface area contributed by atoms with E-state index in [-0.39, 0.29) is 12.5 Å². The molecule has 0 N–H and O–H groups in total. The van der Waals surface area contributed by atoms with Gasteiger partial charge in [0.1, 0.15) is 17.9 Å². The van der Waals surface area contributed by atoms with Crippen molar-refractivity contribution < 1.29 is 18.8 Å². The van der Waals surface area contributed by atoms with Gasteiger partial charge in [0.05, 0.1) is 12.8 Å². The summed E-state index contributed by atoms with van der Waals surface area (Å²) in [7, 11) is 1.61. The molecule has 0 saturated heterocycles. The van der Waals surface area contributed by atoms with Gasteiger partial charge < -0.3 is 14.0 Å².